The predicted octanol–water partition coefficient (Wildman–Crippen LogP) is 5.97. The van der Waals surface area contributed by atoms with Gasteiger partial charge in [-0.25, -0.2) is 0 Å². The summed E-state index contributed by atoms with van der Waals surface area (Å²) in [6, 6.07) is 18.3. The molecule has 0 aliphatic heterocycles. The molecule has 2 aromatic carbocycles. The molecule has 0 heterocycles. The van der Waals surface area contributed by atoms with E-state index in [1.165, 1.54) is 0 Å². The van der Waals surface area contributed by atoms with E-state index in [0.29, 0.717) is 10.6 Å². The molecule has 0 saturated carbocycles. The Kier molecular flexibility index (Phi) is 7.15. The van der Waals surface area contributed by atoms with Gasteiger partial charge < -0.3 is 0 Å². The monoisotopic (exact) mass is 388 g/mol. The van der Waals surface area contributed by atoms with Gasteiger partial charge in [0.05, 0.1) is 0 Å². The maximum absolute atomic E-state index is 12.4. The third kappa shape index (κ3) is 6.68. The Morgan fingerprint density at radius 1 is 0.600 bits per heavy atom. The van der Waals surface area contributed by atoms with Crippen LogP contribution >= 0.6 is 56.7 Å². The molecule has 8 heteroatoms. The summed E-state index contributed by atoms with van der Waals surface area (Å²) in [5, 5.41) is -1.87. The van der Waals surface area contributed by atoms with Crippen molar-refractivity contribution in [3.05, 3.63) is 60.7 Å². The van der Waals surface area contributed by atoms with Crippen LogP contribution in [0.2, 0.25) is 0 Å². The molecule has 0 fully saturated rings. The molecule has 0 aromatic heterocycles. The standard InChI is InChI=1S/C12H10ClOP.Cl3OP/c13-15(14,11-7-3-1-4-8-11)12-9-5-2-6-10-12;1-5(2,3)4/h1-10H;. The smallest absolute Gasteiger partial charge is 0.296 e. The molecule has 108 valence electrons. The van der Waals surface area contributed by atoms with Crippen LogP contribution in [0.1, 0.15) is 0 Å². The minimum absolute atomic E-state index is 0.679. The fraction of sp³-hybridized carbons (Fsp3) is 0. The van der Waals surface area contributed by atoms with Gasteiger partial charge in [-0.3, -0.25) is 9.13 Å². The summed E-state index contributed by atoms with van der Waals surface area (Å²) in [6.07, 6.45) is 0. The molecule has 0 amide bonds. The van der Waals surface area contributed by atoms with Crippen molar-refractivity contribution < 1.29 is 9.13 Å². The van der Waals surface area contributed by atoms with Crippen molar-refractivity contribution in [2.45, 2.75) is 0 Å². The zero-order valence-corrected chi connectivity index (χ0v) is 14.8. The summed E-state index contributed by atoms with van der Waals surface area (Å²) < 4.78 is 21.9. The Hall–Kier alpha value is 0.0600. The van der Waals surface area contributed by atoms with Crippen LogP contribution in [0.15, 0.2) is 60.7 Å². The molecule has 2 nitrogen and oxygen atoms in total. The minimum Gasteiger partial charge on any atom is -0.296 e. The lowest BCUT2D eigenvalue weighted by molar-refractivity contribution is 0.595. The van der Waals surface area contributed by atoms with Crippen molar-refractivity contribution in [2.75, 3.05) is 0 Å². The van der Waals surface area contributed by atoms with Crippen LogP contribution in [-0.2, 0) is 9.13 Å². The lowest BCUT2D eigenvalue weighted by atomic mass is 10.4. The van der Waals surface area contributed by atoms with E-state index in [-0.39, 0.29) is 0 Å². The second-order valence-electron chi connectivity index (χ2n) is 3.60. The van der Waals surface area contributed by atoms with E-state index in [0.717, 1.165) is 0 Å². The first-order valence-electron chi connectivity index (χ1n) is 5.31. The zero-order valence-electron chi connectivity index (χ0n) is 10.00. The van der Waals surface area contributed by atoms with Crippen LogP contribution in [0.4, 0.5) is 0 Å². The molecule has 0 radical (unpaired) electrons. The Bertz CT molecular complexity index is 577. The van der Waals surface area contributed by atoms with E-state index in [4.69, 9.17) is 11.2 Å². The van der Waals surface area contributed by atoms with Crippen molar-refractivity contribution >= 4 is 67.3 Å². The summed E-state index contributed by atoms with van der Waals surface area (Å²) in [4.78, 5) is 0. The second kappa shape index (κ2) is 7.90. The summed E-state index contributed by atoms with van der Waals surface area (Å²) in [6.45, 7) is -2.93. The second-order valence-corrected chi connectivity index (χ2v) is 13.8. The largest absolute Gasteiger partial charge is 0.339 e. The molecule has 0 N–H and O–H groups in total. The van der Waals surface area contributed by atoms with Gasteiger partial charge in [-0.2, -0.15) is 0 Å². The van der Waals surface area contributed by atoms with Gasteiger partial charge in [0.1, 0.15) is 0 Å². The van der Waals surface area contributed by atoms with Crippen LogP contribution in [0.5, 0.6) is 0 Å². The SMILES string of the molecule is O=P(Cl)(Cl)Cl.O=P(Cl)(c1ccccc1)c1ccccc1. The van der Waals surface area contributed by atoms with E-state index >= 15 is 0 Å². The Morgan fingerprint density at radius 2 is 0.850 bits per heavy atom. The van der Waals surface area contributed by atoms with E-state index in [1.807, 2.05) is 36.4 Å². The third-order valence-electron chi connectivity index (χ3n) is 2.18. The van der Waals surface area contributed by atoms with Crippen LogP contribution in [0.25, 0.3) is 0 Å². The minimum atomic E-state index is -3.22. The topological polar surface area (TPSA) is 34.1 Å². The van der Waals surface area contributed by atoms with Gasteiger partial charge in [0, 0.05) is 10.6 Å². The van der Waals surface area contributed by atoms with E-state index in [1.54, 1.807) is 24.3 Å². The number of rotatable bonds is 2. The molecular formula is C12H10Cl4O2P2. The van der Waals surface area contributed by atoms with E-state index in [2.05, 4.69) is 33.7 Å². The van der Waals surface area contributed by atoms with Crippen LogP contribution < -0.4 is 10.6 Å². The molecule has 2 rings (SSSR count). The predicted molar refractivity (Wildman–Crippen MR) is 90.8 cm³/mol. The van der Waals surface area contributed by atoms with Crippen LogP contribution in [0, 0.1) is 0 Å². The van der Waals surface area contributed by atoms with Gasteiger partial charge in [-0.1, -0.05) is 60.7 Å². The number of halogens is 4. The molecule has 0 aliphatic carbocycles. The van der Waals surface area contributed by atoms with Crippen molar-refractivity contribution in [3.63, 3.8) is 0 Å². The van der Waals surface area contributed by atoms with Gasteiger partial charge in [-0.15, -0.1) is 0 Å². The first-order valence-corrected chi connectivity index (χ1v) is 12.3. The molecule has 2 aromatic rings. The molecule has 20 heavy (non-hydrogen) atoms. The van der Waals surface area contributed by atoms with Crippen molar-refractivity contribution in [3.8, 4) is 0 Å². The van der Waals surface area contributed by atoms with Gasteiger partial charge in [0.15, 0.2) is 0 Å². The number of hydrogen-bond acceptors (Lipinski definition) is 2. The van der Waals surface area contributed by atoms with E-state index < -0.39 is 11.7 Å². The number of benzene rings is 2. The molecule has 0 unspecified atom stereocenters. The number of hydrogen-bond donors (Lipinski definition) is 0. The molecule has 0 bridgehead atoms. The van der Waals surface area contributed by atoms with Crippen molar-refractivity contribution in [1.82, 2.24) is 0 Å². The van der Waals surface area contributed by atoms with Crippen molar-refractivity contribution in [1.29, 1.82) is 0 Å². The highest BCUT2D eigenvalue weighted by atomic mass is 36.0. The molecular weight excluding hydrogens is 380 g/mol. The van der Waals surface area contributed by atoms with Gasteiger partial charge >= 0.3 is 5.20 Å². The first-order chi connectivity index (χ1) is 9.21. The average molecular weight is 390 g/mol. The lowest BCUT2D eigenvalue weighted by Gasteiger charge is -2.10. The van der Waals surface area contributed by atoms with Crippen LogP contribution in [0.3, 0.4) is 0 Å². The summed E-state index contributed by atoms with van der Waals surface area (Å²) >= 11 is 20.0. The molecule has 0 spiro atoms. The Balaban J connectivity index is 0.000000347. The Labute approximate surface area is 136 Å². The van der Waals surface area contributed by atoms with Gasteiger partial charge in [0.25, 0.3) is 0 Å². The first kappa shape index (κ1) is 18.1. The summed E-state index contributed by atoms with van der Waals surface area (Å²) in [5.74, 6) is 0. The lowest BCUT2D eigenvalue weighted by Crippen LogP contribution is -2.11. The highest BCUT2D eigenvalue weighted by Crippen LogP contribution is 2.61. The van der Waals surface area contributed by atoms with Gasteiger partial charge in [0.2, 0.25) is 6.49 Å². The molecule has 0 aliphatic rings. The highest BCUT2D eigenvalue weighted by Gasteiger charge is 2.23. The average Bonchev–Trinajstić information content (AvgIpc) is 2.39. The molecule has 0 atom stereocenters. The fourth-order valence-electron chi connectivity index (χ4n) is 1.39. The third-order valence-corrected chi connectivity index (χ3v) is 5.27. The molecule has 0 saturated heterocycles. The maximum atomic E-state index is 12.4. The quantitative estimate of drug-likeness (QED) is 0.593. The highest BCUT2D eigenvalue weighted by molar-refractivity contribution is 8.24. The normalized spacial score (nSPS) is 11.4. The van der Waals surface area contributed by atoms with Gasteiger partial charge in [-0.05, 0) is 45.0 Å². The maximum Gasteiger partial charge on any atom is 0.339 e. The van der Waals surface area contributed by atoms with Crippen LogP contribution in [-0.4, -0.2) is 0 Å². The van der Waals surface area contributed by atoms with E-state index in [9.17, 15) is 9.13 Å². The summed E-state index contributed by atoms with van der Waals surface area (Å²) in [5.41, 5.74) is 0. The van der Waals surface area contributed by atoms with Crippen molar-refractivity contribution in [2.24, 2.45) is 0 Å². The zero-order chi connectivity index (χ0) is 15.2. The Morgan fingerprint density at radius 3 is 1.10 bits per heavy atom. The fourth-order valence-corrected chi connectivity index (χ4v) is 3.47. The summed E-state index contributed by atoms with van der Waals surface area (Å²) in [7, 11) is 0.